The van der Waals surface area contributed by atoms with Crippen LogP contribution in [0.2, 0.25) is 0 Å². The molecule has 2 atom stereocenters. The van der Waals surface area contributed by atoms with E-state index in [1.165, 1.54) is 16.7 Å². The molecule has 0 fully saturated rings. The van der Waals surface area contributed by atoms with Crippen LogP contribution in [0.15, 0.2) is 152 Å². The van der Waals surface area contributed by atoms with Crippen LogP contribution in [-0.2, 0) is 32.8 Å². The van der Waals surface area contributed by atoms with Crippen molar-refractivity contribution in [3.8, 4) is 45.9 Å². The Labute approximate surface area is 471 Å². The lowest BCUT2D eigenvalue weighted by atomic mass is 9.81. The molecule has 0 aliphatic rings. The number of rotatable bonds is 13. The van der Waals surface area contributed by atoms with Crippen molar-refractivity contribution in [2.75, 3.05) is 23.7 Å². The smallest absolute Gasteiger partial charge is 0.346 e. The zero-order valence-electron chi connectivity index (χ0n) is 48.9. The van der Waals surface area contributed by atoms with Crippen molar-refractivity contribution in [3.63, 3.8) is 0 Å². The molecule has 2 unspecified atom stereocenters. The van der Waals surface area contributed by atoms with Crippen molar-refractivity contribution in [1.82, 2.24) is 0 Å². The van der Waals surface area contributed by atoms with E-state index in [9.17, 15) is 19.8 Å². The molecule has 7 nitrogen and oxygen atoms in total. The maximum absolute atomic E-state index is 13.2. The normalized spacial score (nSPS) is 12.6. The summed E-state index contributed by atoms with van der Waals surface area (Å²) in [5.41, 5.74) is 14.4. The van der Waals surface area contributed by atoms with Gasteiger partial charge in [-0.15, -0.1) is 0 Å². The van der Waals surface area contributed by atoms with Gasteiger partial charge in [0.25, 0.3) is 0 Å². The van der Waals surface area contributed by atoms with Gasteiger partial charge in [0.2, 0.25) is 0 Å². The molecule has 0 bridgehead atoms. The first-order valence-corrected chi connectivity index (χ1v) is 27.6. The summed E-state index contributed by atoms with van der Waals surface area (Å²) in [4.78, 5) is 26.4. The average Bonchev–Trinajstić information content (AvgIpc) is 3.53. The lowest BCUT2D eigenvalue weighted by Gasteiger charge is -2.28. The van der Waals surface area contributed by atoms with Crippen LogP contribution < -0.4 is 10.6 Å². The van der Waals surface area contributed by atoms with Crippen molar-refractivity contribution in [2.24, 2.45) is 5.92 Å². The largest absolute Gasteiger partial charge is 0.386 e. The van der Waals surface area contributed by atoms with E-state index < -0.39 is 24.1 Å². The second kappa shape index (κ2) is 24.6. The summed E-state index contributed by atoms with van der Waals surface area (Å²) in [6, 6.07) is 48.8. The molecular formula is C72H80N2O5. The summed E-state index contributed by atoms with van der Waals surface area (Å²) in [5, 5.41) is 30.8. The molecule has 408 valence electrons. The first-order chi connectivity index (χ1) is 37.1. The molecule has 0 amide bonds. The van der Waals surface area contributed by atoms with Gasteiger partial charge in [0.15, 0.2) is 0 Å². The van der Waals surface area contributed by atoms with E-state index in [-0.39, 0.29) is 32.8 Å². The van der Waals surface area contributed by atoms with E-state index in [1.54, 1.807) is 48.5 Å². The predicted octanol–water partition coefficient (Wildman–Crippen LogP) is 16.1. The van der Waals surface area contributed by atoms with Gasteiger partial charge in [-0.25, -0.2) is 9.59 Å². The third kappa shape index (κ3) is 15.5. The fourth-order valence-electron chi connectivity index (χ4n) is 9.30. The van der Waals surface area contributed by atoms with E-state index in [1.807, 2.05) is 18.2 Å². The molecule has 7 rings (SSSR count). The highest BCUT2D eigenvalue weighted by Gasteiger charge is 2.27. The molecule has 0 heterocycles. The summed E-state index contributed by atoms with van der Waals surface area (Å²) in [6.45, 7) is 32.2. The van der Waals surface area contributed by atoms with Crippen LogP contribution >= 0.6 is 0 Å². The molecule has 4 N–H and O–H groups in total. The number of aliphatic hydroxyl groups is 2. The topological polar surface area (TPSA) is 108 Å². The highest BCUT2D eigenvalue weighted by Crippen LogP contribution is 2.43. The summed E-state index contributed by atoms with van der Waals surface area (Å²) in [6.07, 6.45) is -1.34. The molecule has 7 heteroatoms. The molecular weight excluding hydrogens is 973 g/mol. The molecule has 0 spiro atoms. The van der Waals surface area contributed by atoms with Gasteiger partial charge in [-0.1, -0.05) is 199 Å². The Bertz CT molecular complexity index is 3380. The first kappa shape index (κ1) is 59.0. The van der Waals surface area contributed by atoms with Gasteiger partial charge >= 0.3 is 11.9 Å². The Balaban J connectivity index is 1.04. The summed E-state index contributed by atoms with van der Waals surface area (Å²) >= 11 is 0. The van der Waals surface area contributed by atoms with Gasteiger partial charge in [-0.3, -0.25) is 0 Å². The van der Waals surface area contributed by atoms with Crippen molar-refractivity contribution in [1.29, 1.82) is 0 Å². The average molecular weight is 1050 g/mol. The Morgan fingerprint density at radius 2 is 0.886 bits per heavy atom. The van der Waals surface area contributed by atoms with Gasteiger partial charge in [-0.05, 0) is 157 Å². The minimum atomic E-state index is -1.11. The summed E-state index contributed by atoms with van der Waals surface area (Å²) in [5.74, 6) is 11.0. The number of carbonyl (C=O) groups is 2. The molecule has 0 saturated heterocycles. The van der Waals surface area contributed by atoms with Gasteiger partial charge < -0.3 is 25.6 Å². The lowest BCUT2D eigenvalue weighted by Crippen LogP contribution is -2.19. The summed E-state index contributed by atoms with van der Waals surface area (Å²) in [7, 11) is 0. The van der Waals surface area contributed by atoms with Crippen LogP contribution in [0, 0.1) is 29.6 Å². The second-order valence-corrected chi connectivity index (χ2v) is 25.2. The van der Waals surface area contributed by atoms with Crippen molar-refractivity contribution in [3.05, 3.63) is 213 Å². The molecule has 0 saturated carbocycles. The number of ether oxygens (including phenoxy) is 1. The monoisotopic (exact) mass is 1050 g/mol. The van der Waals surface area contributed by atoms with Gasteiger partial charge in [0.1, 0.15) is 12.2 Å². The minimum Gasteiger partial charge on any atom is -0.386 e. The maximum atomic E-state index is 13.2. The fraction of sp³-hybridized carbons (Fsp3) is 0.333. The third-order valence-corrected chi connectivity index (χ3v) is 14.1. The van der Waals surface area contributed by atoms with Crippen LogP contribution in [0.25, 0.3) is 22.3 Å². The van der Waals surface area contributed by atoms with Crippen LogP contribution in [0.1, 0.15) is 180 Å². The van der Waals surface area contributed by atoms with Crippen LogP contribution in [0.4, 0.5) is 11.4 Å². The van der Waals surface area contributed by atoms with Crippen molar-refractivity contribution >= 4 is 23.3 Å². The molecule has 7 aromatic rings. The number of esters is 2. The fourth-order valence-corrected chi connectivity index (χ4v) is 9.30. The number of carbonyl (C=O) groups excluding carboxylic acids is 2. The number of aliphatic hydroxyl groups excluding tert-OH is 2. The molecule has 0 aliphatic carbocycles. The standard InChI is InChI=1S/C72H80N2O5/c1-47(2)46-74-66-60(52-32-36-58(37-33-52)70(6,7)8)43-56(45-62(66)72(12,13)14)64(76)39-25-50-22-28-54(29-23-50)68(78)79-67(77)53-26-20-49(21-27-53)24-38-63(75)55-42-59(51-30-34-57(35-31-51)69(3,4)5)65(61(44-55)71(9,10)11)73-41-40-48-18-16-15-17-19-48/h15-23,26-37,42-45,47,63-64,73-76H,40-41,46H2,1-14H3. The van der Waals surface area contributed by atoms with E-state index in [4.69, 9.17) is 4.74 Å². The van der Waals surface area contributed by atoms with Crippen LogP contribution in [-0.4, -0.2) is 35.2 Å². The number of hydrogen-bond donors (Lipinski definition) is 4. The number of benzene rings is 7. The molecule has 79 heavy (non-hydrogen) atoms. The van der Waals surface area contributed by atoms with Gasteiger partial charge in [0.05, 0.1) is 11.1 Å². The van der Waals surface area contributed by atoms with E-state index >= 15 is 0 Å². The van der Waals surface area contributed by atoms with E-state index in [0.717, 1.165) is 64.3 Å². The van der Waals surface area contributed by atoms with Gasteiger partial charge in [-0.2, -0.15) is 0 Å². The molecule has 0 aromatic heterocycles. The molecule has 0 aliphatic heterocycles. The van der Waals surface area contributed by atoms with Crippen LogP contribution in [0.5, 0.6) is 0 Å². The first-order valence-electron chi connectivity index (χ1n) is 27.6. The number of anilines is 2. The Morgan fingerprint density at radius 1 is 0.494 bits per heavy atom. The number of hydrogen-bond acceptors (Lipinski definition) is 7. The Kier molecular flexibility index (Phi) is 18.3. The quantitative estimate of drug-likeness (QED) is 0.0518. The highest BCUT2D eigenvalue weighted by molar-refractivity contribution is 6.02. The van der Waals surface area contributed by atoms with E-state index in [0.29, 0.717) is 28.2 Å². The highest BCUT2D eigenvalue weighted by atomic mass is 16.6. The van der Waals surface area contributed by atoms with E-state index in [2.05, 4.69) is 216 Å². The Hall–Kier alpha value is -7.68. The third-order valence-electron chi connectivity index (χ3n) is 14.1. The van der Waals surface area contributed by atoms with Crippen LogP contribution in [0.3, 0.4) is 0 Å². The number of nitrogens with one attached hydrogen (secondary N) is 2. The second-order valence-electron chi connectivity index (χ2n) is 25.2. The maximum Gasteiger partial charge on any atom is 0.346 e. The lowest BCUT2D eigenvalue weighted by molar-refractivity contribution is 0.0397. The zero-order chi connectivity index (χ0) is 57.5. The molecule has 7 aromatic carbocycles. The van der Waals surface area contributed by atoms with Gasteiger partial charge in [0, 0.05) is 46.7 Å². The van der Waals surface area contributed by atoms with Crippen molar-refractivity contribution in [2.45, 2.75) is 137 Å². The zero-order valence-corrected chi connectivity index (χ0v) is 48.9. The minimum absolute atomic E-state index is 0.00153. The predicted molar refractivity (Wildman–Crippen MR) is 327 cm³/mol. The Morgan fingerprint density at radius 3 is 1.25 bits per heavy atom. The SMILES string of the molecule is CC(C)CNc1c(-c2ccc(C(C)(C)C)cc2)cc(C(O)C#Cc2ccc(C(=O)OC(=O)c3ccc(C#CC(O)c4cc(-c5ccc(C(C)(C)C)cc5)c(NCCc5ccccc5)c(C(C)(C)C)c4)cc3)cc2)cc1C(C)(C)C. The van der Waals surface area contributed by atoms with Crippen molar-refractivity contribution < 1.29 is 24.5 Å². The molecule has 0 radical (unpaired) electrons. The summed E-state index contributed by atoms with van der Waals surface area (Å²) < 4.78 is 5.29.